The van der Waals surface area contributed by atoms with E-state index in [-0.39, 0.29) is 17.7 Å². The number of hydrogen-bond donors (Lipinski definition) is 1. The smallest absolute Gasteiger partial charge is 0.417 e. The molecule has 1 aromatic rings. The van der Waals surface area contributed by atoms with Crippen LogP contribution < -0.4 is 5.32 Å². The van der Waals surface area contributed by atoms with Gasteiger partial charge in [0, 0.05) is 5.56 Å². The fourth-order valence-electron chi connectivity index (χ4n) is 1.53. The average Bonchev–Trinajstić information content (AvgIpc) is 2.40. The predicted octanol–water partition coefficient (Wildman–Crippen LogP) is 3.45. The molecule has 0 aliphatic carbocycles. The van der Waals surface area contributed by atoms with Crippen LogP contribution in [0, 0.1) is 23.2 Å². The summed E-state index contributed by atoms with van der Waals surface area (Å²) in [6, 6.07) is 4.77. The Labute approximate surface area is 132 Å². The van der Waals surface area contributed by atoms with Crippen molar-refractivity contribution >= 4 is 6.09 Å². The number of alkyl halides is 3. The number of nitriles is 1. The summed E-state index contributed by atoms with van der Waals surface area (Å²) in [6.45, 7) is 4.89. The van der Waals surface area contributed by atoms with Gasteiger partial charge in [0.25, 0.3) is 0 Å². The minimum atomic E-state index is -4.62. The monoisotopic (exact) mass is 324 g/mol. The minimum absolute atomic E-state index is 0.102. The minimum Gasteiger partial charge on any atom is -0.444 e. The van der Waals surface area contributed by atoms with Crippen LogP contribution >= 0.6 is 0 Å². The molecule has 0 unspecified atom stereocenters. The summed E-state index contributed by atoms with van der Waals surface area (Å²) in [5, 5.41) is 11.0. The number of carbonyl (C=O) groups is 1. The number of ether oxygens (including phenoxy) is 1. The third-order valence-corrected chi connectivity index (χ3v) is 2.40. The van der Waals surface area contributed by atoms with Crippen molar-refractivity contribution in [1.82, 2.24) is 5.32 Å². The molecule has 23 heavy (non-hydrogen) atoms. The number of rotatable bonds is 1. The largest absolute Gasteiger partial charge is 0.444 e. The molecule has 0 saturated heterocycles. The fourth-order valence-corrected chi connectivity index (χ4v) is 1.53. The van der Waals surface area contributed by atoms with Crippen LogP contribution in [0.2, 0.25) is 0 Å². The quantitative estimate of drug-likeness (QED) is 0.805. The van der Waals surface area contributed by atoms with Crippen LogP contribution in [0.5, 0.6) is 0 Å². The molecule has 0 fully saturated rings. The average molecular weight is 324 g/mol. The van der Waals surface area contributed by atoms with Gasteiger partial charge >= 0.3 is 12.3 Å². The van der Waals surface area contributed by atoms with Gasteiger partial charge in [-0.1, -0.05) is 11.8 Å². The molecular weight excluding hydrogens is 309 g/mol. The summed E-state index contributed by atoms with van der Waals surface area (Å²) in [7, 11) is 0. The van der Waals surface area contributed by atoms with Crippen LogP contribution in [0.3, 0.4) is 0 Å². The van der Waals surface area contributed by atoms with E-state index in [4.69, 9.17) is 10.00 Å². The Balaban J connectivity index is 2.83. The Morgan fingerprint density at radius 1 is 1.30 bits per heavy atom. The molecule has 122 valence electrons. The predicted molar refractivity (Wildman–Crippen MR) is 77.3 cm³/mol. The lowest BCUT2D eigenvalue weighted by Crippen LogP contribution is -2.32. The molecule has 1 amide bonds. The van der Waals surface area contributed by atoms with Gasteiger partial charge < -0.3 is 10.1 Å². The number of nitrogens with zero attached hydrogens (tertiary/aromatic N) is 1. The molecule has 0 bridgehead atoms. The Kier molecular flexibility index (Phi) is 5.64. The van der Waals surface area contributed by atoms with Crippen LogP contribution in [-0.2, 0) is 10.9 Å². The second-order valence-corrected chi connectivity index (χ2v) is 5.53. The van der Waals surface area contributed by atoms with Gasteiger partial charge in [-0.25, -0.2) is 4.79 Å². The molecule has 1 N–H and O–H groups in total. The molecule has 0 aromatic heterocycles. The number of benzene rings is 1. The fraction of sp³-hybridized carbons (Fsp3) is 0.375. The van der Waals surface area contributed by atoms with Gasteiger partial charge in [-0.05, 0) is 39.0 Å². The molecule has 1 aromatic carbocycles. The van der Waals surface area contributed by atoms with Crippen molar-refractivity contribution in [2.45, 2.75) is 32.5 Å². The Bertz CT molecular complexity index is 686. The second-order valence-electron chi connectivity index (χ2n) is 5.53. The highest BCUT2D eigenvalue weighted by molar-refractivity contribution is 5.68. The summed E-state index contributed by atoms with van der Waals surface area (Å²) in [5.41, 5.74) is -2.02. The van der Waals surface area contributed by atoms with Crippen LogP contribution in [0.25, 0.3) is 0 Å². The molecule has 7 heteroatoms. The first-order valence-electron chi connectivity index (χ1n) is 6.60. The number of hydrogen-bond acceptors (Lipinski definition) is 3. The maximum absolute atomic E-state index is 12.9. The first kappa shape index (κ1) is 18.4. The zero-order chi connectivity index (χ0) is 17.7. The van der Waals surface area contributed by atoms with Crippen molar-refractivity contribution in [3.8, 4) is 17.9 Å². The van der Waals surface area contributed by atoms with E-state index in [1.165, 1.54) is 6.07 Å². The van der Waals surface area contributed by atoms with Gasteiger partial charge in [-0.15, -0.1) is 0 Å². The molecule has 0 aliphatic rings. The molecule has 1 rings (SSSR count). The summed E-state index contributed by atoms with van der Waals surface area (Å²) in [6.07, 6.45) is -5.32. The van der Waals surface area contributed by atoms with E-state index < -0.39 is 23.4 Å². The topological polar surface area (TPSA) is 62.1 Å². The van der Waals surface area contributed by atoms with E-state index >= 15 is 0 Å². The maximum Gasteiger partial charge on any atom is 0.417 e. The highest BCUT2D eigenvalue weighted by Crippen LogP contribution is 2.32. The van der Waals surface area contributed by atoms with E-state index in [0.717, 1.165) is 12.1 Å². The van der Waals surface area contributed by atoms with Crippen molar-refractivity contribution in [2.75, 3.05) is 6.54 Å². The molecular formula is C16H15F3N2O2. The summed E-state index contributed by atoms with van der Waals surface area (Å²) in [4.78, 5) is 11.4. The molecule has 0 spiro atoms. The first-order chi connectivity index (χ1) is 10.5. The third kappa shape index (κ3) is 6.31. The van der Waals surface area contributed by atoms with Crippen LogP contribution in [0.4, 0.5) is 18.0 Å². The summed E-state index contributed by atoms with van der Waals surface area (Å²) < 4.78 is 43.7. The molecule has 4 nitrogen and oxygen atoms in total. The number of amides is 1. The summed E-state index contributed by atoms with van der Waals surface area (Å²) >= 11 is 0. The Morgan fingerprint density at radius 2 is 1.96 bits per heavy atom. The standard InChI is InChI=1S/C16H15F3N2O2/c1-15(2,3)23-14(22)21-8-4-5-12-7-6-11(10-20)9-13(12)16(17,18)19/h6-7,9H,8H2,1-3H3,(H,21,22). The van der Waals surface area contributed by atoms with Crippen molar-refractivity contribution in [3.05, 3.63) is 34.9 Å². The van der Waals surface area contributed by atoms with Crippen LogP contribution in [0.1, 0.15) is 37.5 Å². The summed E-state index contributed by atoms with van der Waals surface area (Å²) in [5.74, 6) is 4.76. The lowest BCUT2D eigenvalue weighted by Gasteiger charge is -2.19. The van der Waals surface area contributed by atoms with Crippen LogP contribution in [0.15, 0.2) is 18.2 Å². The van der Waals surface area contributed by atoms with Gasteiger partial charge in [0.05, 0.1) is 23.7 Å². The van der Waals surface area contributed by atoms with Crippen molar-refractivity contribution < 1.29 is 22.7 Å². The van der Waals surface area contributed by atoms with Gasteiger partial charge in [0.2, 0.25) is 0 Å². The highest BCUT2D eigenvalue weighted by atomic mass is 19.4. The normalized spacial score (nSPS) is 11.0. The van der Waals surface area contributed by atoms with E-state index in [1.54, 1.807) is 26.8 Å². The molecule has 0 heterocycles. The number of carbonyl (C=O) groups excluding carboxylic acids is 1. The second kappa shape index (κ2) is 7.06. The van der Waals surface area contributed by atoms with E-state index in [1.807, 2.05) is 0 Å². The maximum atomic E-state index is 12.9. The number of nitrogens with one attached hydrogen (secondary N) is 1. The van der Waals surface area contributed by atoms with Gasteiger partial charge in [-0.3, -0.25) is 0 Å². The Morgan fingerprint density at radius 3 is 2.48 bits per heavy atom. The molecule has 0 aliphatic heterocycles. The van der Waals surface area contributed by atoms with Crippen molar-refractivity contribution in [3.63, 3.8) is 0 Å². The SMILES string of the molecule is CC(C)(C)OC(=O)NCC#Cc1ccc(C#N)cc1C(F)(F)F. The van der Waals surface area contributed by atoms with Gasteiger partial charge in [0.1, 0.15) is 5.60 Å². The van der Waals surface area contributed by atoms with Gasteiger partial charge in [-0.2, -0.15) is 18.4 Å². The zero-order valence-electron chi connectivity index (χ0n) is 12.8. The lowest BCUT2D eigenvalue weighted by atomic mass is 10.0. The number of halogens is 3. The first-order valence-corrected chi connectivity index (χ1v) is 6.60. The Hall–Kier alpha value is -2.67. The highest BCUT2D eigenvalue weighted by Gasteiger charge is 2.33. The zero-order valence-corrected chi connectivity index (χ0v) is 12.8. The molecule has 0 saturated carbocycles. The van der Waals surface area contributed by atoms with Crippen molar-refractivity contribution in [1.29, 1.82) is 5.26 Å². The van der Waals surface area contributed by atoms with Crippen molar-refractivity contribution in [2.24, 2.45) is 0 Å². The third-order valence-electron chi connectivity index (χ3n) is 2.40. The lowest BCUT2D eigenvalue weighted by molar-refractivity contribution is -0.137. The molecule has 0 radical (unpaired) electrons. The van der Waals surface area contributed by atoms with Crippen LogP contribution in [-0.4, -0.2) is 18.2 Å². The molecule has 0 atom stereocenters. The van der Waals surface area contributed by atoms with E-state index in [9.17, 15) is 18.0 Å². The number of alkyl carbamates (subject to hydrolysis) is 1. The van der Waals surface area contributed by atoms with E-state index in [0.29, 0.717) is 0 Å². The van der Waals surface area contributed by atoms with E-state index in [2.05, 4.69) is 17.2 Å². The van der Waals surface area contributed by atoms with Gasteiger partial charge in [0.15, 0.2) is 0 Å².